The molecule has 7 nitrogen and oxygen atoms in total. The topological polar surface area (TPSA) is 63.7 Å². The zero-order chi connectivity index (χ0) is 17.7. The van der Waals surface area contributed by atoms with E-state index >= 15 is 0 Å². The van der Waals surface area contributed by atoms with E-state index in [1.807, 2.05) is 15.9 Å². The number of thiophene rings is 1. The van der Waals surface area contributed by atoms with Crippen LogP contribution >= 0.6 is 11.3 Å². The summed E-state index contributed by atoms with van der Waals surface area (Å²) in [6.45, 7) is 9.28. The molecule has 0 radical (unpaired) electrons. The van der Waals surface area contributed by atoms with Gasteiger partial charge in [0.1, 0.15) is 17.2 Å². The van der Waals surface area contributed by atoms with Crippen molar-refractivity contribution in [3.05, 3.63) is 10.4 Å². The van der Waals surface area contributed by atoms with Crippen LogP contribution in [0, 0.1) is 0 Å². The summed E-state index contributed by atoms with van der Waals surface area (Å²) in [5, 5.41) is 13.6. The Labute approximate surface area is 157 Å². The highest BCUT2D eigenvalue weighted by Gasteiger charge is 2.30. The summed E-state index contributed by atoms with van der Waals surface area (Å²) in [6.07, 6.45) is 6.16. The standard InChI is InChI=1S/C18H25N7S/c1-3-8-23-10-7-13-14(11-23)26-17-15(13)16(19-18-20-21-22-25(17)18)24-9-5-4-6-12(24)2/h12H,3-11H2,1-2H3/p+1/t12-/m0/s1. The van der Waals surface area contributed by atoms with Gasteiger partial charge in [0.25, 0.3) is 5.78 Å². The molecule has 138 valence electrons. The molecule has 3 aromatic rings. The van der Waals surface area contributed by atoms with Gasteiger partial charge in [-0.15, -0.1) is 11.3 Å². The Morgan fingerprint density at radius 1 is 1.31 bits per heavy atom. The molecular weight excluding hydrogens is 346 g/mol. The highest BCUT2D eigenvalue weighted by Crippen LogP contribution is 2.39. The van der Waals surface area contributed by atoms with E-state index in [0.29, 0.717) is 11.8 Å². The van der Waals surface area contributed by atoms with Crippen molar-refractivity contribution in [1.82, 2.24) is 25.0 Å². The first kappa shape index (κ1) is 16.4. The molecule has 5 rings (SSSR count). The van der Waals surface area contributed by atoms with E-state index in [2.05, 4.69) is 34.3 Å². The molecule has 8 heteroatoms. The average Bonchev–Trinajstić information content (AvgIpc) is 3.25. The van der Waals surface area contributed by atoms with E-state index in [1.165, 1.54) is 59.4 Å². The Morgan fingerprint density at radius 2 is 2.23 bits per heavy atom. The average molecular weight is 373 g/mol. The quantitative estimate of drug-likeness (QED) is 0.754. The van der Waals surface area contributed by atoms with Gasteiger partial charge in [0.2, 0.25) is 0 Å². The van der Waals surface area contributed by atoms with Gasteiger partial charge in [-0.1, -0.05) is 12.0 Å². The number of quaternary nitrogens is 1. The zero-order valence-corrected chi connectivity index (χ0v) is 16.3. The lowest BCUT2D eigenvalue weighted by Gasteiger charge is -2.35. The van der Waals surface area contributed by atoms with E-state index in [1.54, 1.807) is 4.90 Å². The lowest BCUT2D eigenvalue weighted by molar-refractivity contribution is -0.915. The van der Waals surface area contributed by atoms with Gasteiger partial charge in [0.15, 0.2) is 0 Å². The second-order valence-corrected chi connectivity index (χ2v) is 8.81. The molecule has 0 aliphatic carbocycles. The smallest absolute Gasteiger partial charge is 0.276 e. The molecule has 0 saturated carbocycles. The Morgan fingerprint density at radius 3 is 3.08 bits per heavy atom. The van der Waals surface area contributed by atoms with Crippen LogP contribution in [0.3, 0.4) is 0 Å². The van der Waals surface area contributed by atoms with E-state index in [-0.39, 0.29) is 0 Å². The fourth-order valence-electron chi connectivity index (χ4n) is 4.62. The van der Waals surface area contributed by atoms with E-state index in [0.717, 1.165) is 25.3 Å². The second kappa shape index (κ2) is 6.42. The summed E-state index contributed by atoms with van der Waals surface area (Å²) >= 11 is 1.88. The van der Waals surface area contributed by atoms with Gasteiger partial charge in [-0.25, -0.2) is 0 Å². The SMILES string of the molecule is CCC[NH+]1CCc2c(sc3c2c(N2CCCC[C@@H]2C)nc2nnnn23)C1. The van der Waals surface area contributed by atoms with Crippen molar-refractivity contribution in [2.75, 3.05) is 24.5 Å². The molecule has 0 aromatic carbocycles. The Balaban J connectivity index is 1.71. The molecule has 1 N–H and O–H groups in total. The number of tetrazole rings is 1. The summed E-state index contributed by atoms with van der Waals surface area (Å²) in [5.41, 5.74) is 1.50. The normalized spacial score (nSPS) is 23.7. The number of nitrogens with one attached hydrogen (secondary N) is 1. The van der Waals surface area contributed by atoms with Gasteiger partial charge in [0.05, 0.1) is 23.4 Å². The van der Waals surface area contributed by atoms with Gasteiger partial charge in [-0.05, 0) is 48.6 Å². The van der Waals surface area contributed by atoms with Crippen LogP contribution in [-0.4, -0.2) is 50.7 Å². The molecule has 3 aromatic heterocycles. The Bertz CT molecular complexity index is 946. The molecule has 2 aliphatic heterocycles. The van der Waals surface area contributed by atoms with Crippen LogP contribution in [0.4, 0.5) is 5.82 Å². The molecule has 1 fully saturated rings. The fourth-order valence-corrected chi connectivity index (χ4v) is 5.98. The third kappa shape index (κ3) is 2.50. The van der Waals surface area contributed by atoms with Crippen LogP contribution in [0.2, 0.25) is 0 Å². The molecule has 0 bridgehead atoms. The monoisotopic (exact) mass is 372 g/mol. The minimum atomic E-state index is 0.527. The molecule has 5 heterocycles. The van der Waals surface area contributed by atoms with Crippen LogP contribution in [0.25, 0.3) is 16.0 Å². The number of hydrogen-bond acceptors (Lipinski definition) is 6. The predicted octanol–water partition coefficient (Wildman–Crippen LogP) is 1.46. The minimum Gasteiger partial charge on any atom is -0.353 e. The van der Waals surface area contributed by atoms with Gasteiger partial charge in [-0.2, -0.15) is 9.50 Å². The highest BCUT2D eigenvalue weighted by molar-refractivity contribution is 7.19. The molecule has 26 heavy (non-hydrogen) atoms. The van der Waals surface area contributed by atoms with Gasteiger partial charge in [0, 0.05) is 19.0 Å². The molecular formula is C18H26N7S+. The predicted molar refractivity (Wildman–Crippen MR) is 103 cm³/mol. The van der Waals surface area contributed by atoms with E-state index < -0.39 is 0 Å². The van der Waals surface area contributed by atoms with Crippen molar-refractivity contribution in [1.29, 1.82) is 0 Å². The van der Waals surface area contributed by atoms with Crippen molar-refractivity contribution in [3.63, 3.8) is 0 Å². The number of nitrogens with zero attached hydrogens (tertiary/aromatic N) is 6. The number of rotatable bonds is 3. The van der Waals surface area contributed by atoms with Crippen LogP contribution in [0.15, 0.2) is 0 Å². The van der Waals surface area contributed by atoms with Crippen LogP contribution in [0.1, 0.15) is 50.0 Å². The second-order valence-electron chi connectivity index (χ2n) is 7.73. The van der Waals surface area contributed by atoms with Gasteiger partial charge < -0.3 is 9.80 Å². The molecule has 1 saturated heterocycles. The molecule has 2 atom stereocenters. The fraction of sp³-hybridized carbons (Fsp3) is 0.667. The summed E-state index contributed by atoms with van der Waals surface area (Å²) in [7, 11) is 0. The van der Waals surface area contributed by atoms with Crippen LogP contribution < -0.4 is 9.80 Å². The van der Waals surface area contributed by atoms with Crippen molar-refractivity contribution in [2.24, 2.45) is 0 Å². The summed E-state index contributed by atoms with van der Waals surface area (Å²) in [4.78, 5) is 11.8. The van der Waals surface area contributed by atoms with Crippen molar-refractivity contribution >= 4 is 33.1 Å². The molecule has 0 spiro atoms. The maximum absolute atomic E-state index is 4.93. The Kier molecular flexibility index (Phi) is 4.04. The summed E-state index contributed by atoms with van der Waals surface area (Å²) in [6, 6.07) is 0.527. The molecule has 1 unspecified atom stereocenters. The zero-order valence-electron chi connectivity index (χ0n) is 15.5. The lowest BCUT2D eigenvalue weighted by atomic mass is 10.0. The number of piperidine rings is 1. The van der Waals surface area contributed by atoms with E-state index in [4.69, 9.17) is 4.98 Å². The van der Waals surface area contributed by atoms with Gasteiger partial charge in [-0.3, -0.25) is 0 Å². The van der Waals surface area contributed by atoms with Crippen molar-refractivity contribution < 1.29 is 4.90 Å². The van der Waals surface area contributed by atoms with Crippen molar-refractivity contribution in [2.45, 2.75) is 58.5 Å². The third-order valence-electron chi connectivity index (χ3n) is 5.96. The number of hydrogen-bond donors (Lipinski definition) is 1. The van der Waals surface area contributed by atoms with Gasteiger partial charge >= 0.3 is 0 Å². The number of anilines is 1. The summed E-state index contributed by atoms with van der Waals surface area (Å²) in [5.74, 6) is 1.74. The van der Waals surface area contributed by atoms with Crippen LogP contribution in [0.5, 0.6) is 0 Å². The maximum Gasteiger partial charge on any atom is 0.276 e. The third-order valence-corrected chi connectivity index (χ3v) is 7.17. The molecule has 2 aliphatic rings. The number of fused-ring (bicyclic) bond motifs is 5. The highest BCUT2D eigenvalue weighted by atomic mass is 32.1. The summed E-state index contributed by atoms with van der Waals surface area (Å²) < 4.78 is 1.84. The first-order valence-electron chi connectivity index (χ1n) is 9.88. The Hall–Kier alpha value is -1.80. The lowest BCUT2D eigenvalue weighted by Crippen LogP contribution is -3.11. The number of aromatic nitrogens is 5. The van der Waals surface area contributed by atoms with Crippen molar-refractivity contribution in [3.8, 4) is 0 Å². The molecule has 0 amide bonds. The van der Waals surface area contributed by atoms with E-state index in [9.17, 15) is 0 Å². The minimum absolute atomic E-state index is 0.527. The maximum atomic E-state index is 4.93. The first-order chi connectivity index (χ1) is 12.8. The first-order valence-corrected chi connectivity index (χ1v) is 10.7. The van der Waals surface area contributed by atoms with Crippen LogP contribution in [-0.2, 0) is 13.0 Å². The largest absolute Gasteiger partial charge is 0.353 e.